The number of fused-ring (bicyclic) bond motifs is 1. The molecule has 0 bridgehead atoms. The number of nitrogens with one attached hydrogen (secondary N) is 1. The van der Waals surface area contributed by atoms with Gasteiger partial charge in [0.15, 0.2) is 0 Å². The van der Waals surface area contributed by atoms with Crippen LogP contribution in [0.3, 0.4) is 0 Å². The summed E-state index contributed by atoms with van der Waals surface area (Å²) in [6.45, 7) is 12.1. The number of hydrogen-bond donors (Lipinski definition) is 2. The molecule has 2 unspecified atom stereocenters. The summed E-state index contributed by atoms with van der Waals surface area (Å²) >= 11 is 0. The zero-order chi connectivity index (χ0) is 42.1. The molecule has 3 N–H and O–H groups in total. The first-order valence-electron chi connectivity index (χ1n) is 20.5. The smallest absolute Gasteiger partial charge is 0.0964 e. The minimum absolute atomic E-state index is 0.293. The van der Waals surface area contributed by atoms with E-state index in [0.29, 0.717) is 0 Å². The Bertz CT molecular complexity index is 2600. The van der Waals surface area contributed by atoms with Crippen molar-refractivity contribution in [3.63, 3.8) is 0 Å². The molecule has 0 saturated heterocycles. The monoisotopic (exact) mass is 783 g/mol. The number of pyridine rings is 2. The van der Waals surface area contributed by atoms with Crippen molar-refractivity contribution in [2.45, 2.75) is 39.9 Å². The van der Waals surface area contributed by atoms with E-state index in [4.69, 9.17) is 5.73 Å². The van der Waals surface area contributed by atoms with Crippen molar-refractivity contribution in [2.75, 3.05) is 0 Å². The minimum atomic E-state index is -0.441. The van der Waals surface area contributed by atoms with Gasteiger partial charge < -0.3 is 5.73 Å². The average molecular weight is 784 g/mol. The topological polar surface area (TPSA) is 76.2 Å². The molecule has 5 aromatic carbocycles. The first-order chi connectivity index (χ1) is 29.5. The van der Waals surface area contributed by atoms with E-state index in [0.717, 1.165) is 66.7 Å². The molecule has 0 aliphatic rings. The van der Waals surface area contributed by atoms with Gasteiger partial charge in [-0.25, -0.2) is 0 Å². The molecule has 7 aromatic rings. The first kappa shape index (κ1) is 42.6. The highest BCUT2D eigenvalue weighted by Crippen LogP contribution is 2.31. The van der Waals surface area contributed by atoms with E-state index in [1.54, 1.807) is 12.4 Å². The second kappa shape index (κ2) is 21.6. The Labute approximate surface area is 355 Å². The quantitative estimate of drug-likeness (QED) is 0.0654. The van der Waals surface area contributed by atoms with E-state index >= 15 is 0 Å². The van der Waals surface area contributed by atoms with Crippen LogP contribution in [-0.2, 0) is 0 Å². The molecule has 0 radical (unpaired) electrons. The molecule has 0 aliphatic heterocycles. The Morgan fingerprint density at radius 1 is 0.717 bits per heavy atom. The normalized spacial score (nSPS) is 13.2. The van der Waals surface area contributed by atoms with Crippen LogP contribution in [0.4, 0.5) is 5.69 Å². The van der Waals surface area contributed by atoms with Crippen molar-refractivity contribution in [3.8, 4) is 22.3 Å². The number of hydrogen-bond acceptors (Lipinski definition) is 5. The summed E-state index contributed by atoms with van der Waals surface area (Å²) in [5.41, 5.74) is 20.4. The van der Waals surface area contributed by atoms with E-state index in [1.807, 2.05) is 69.4 Å². The lowest BCUT2D eigenvalue weighted by molar-refractivity contribution is 0.534. The van der Waals surface area contributed by atoms with Crippen LogP contribution in [0.5, 0.6) is 0 Å². The summed E-state index contributed by atoms with van der Waals surface area (Å²) in [7, 11) is 0. The summed E-state index contributed by atoms with van der Waals surface area (Å²) in [5.74, 6) is 0. The maximum absolute atomic E-state index is 6.96. The second-order valence-corrected chi connectivity index (χ2v) is 14.0. The van der Waals surface area contributed by atoms with Gasteiger partial charge in [0.2, 0.25) is 0 Å². The molecule has 7 rings (SSSR count). The fraction of sp³-hybridized carbons (Fsp3) is 0.109. The lowest BCUT2D eigenvalue weighted by atomic mass is 9.94. The van der Waals surface area contributed by atoms with E-state index in [9.17, 15) is 0 Å². The number of nitrogens with two attached hydrogens (primary N) is 1. The predicted octanol–water partition coefficient (Wildman–Crippen LogP) is 13.6. The van der Waals surface area contributed by atoms with Gasteiger partial charge in [-0.3, -0.25) is 20.3 Å². The standard InChI is InChI=1S/C53H47N5.C2H6/c1-4-14-47(42-27-29-43(30-28-42)49-22-12-33-56-37-49)36-48(20-11-19-44-31-32-45-21-13-34-57-52(45)51(44)55-3)50(58-53(54)46-17-9-6-10-18-46)35-38(2)39-23-25-41(26-24-39)40-15-7-5-8-16-40;1-2/h4-37,50,53,58H,3,54H2,1-2H3;1-2H3/b14-4+,19-11-,38-35+,47-36+,48-20+;. The highest BCUT2D eigenvalue weighted by atomic mass is 15.0. The predicted molar refractivity (Wildman–Crippen MR) is 258 cm³/mol. The molecule has 0 fully saturated rings. The Kier molecular flexibility index (Phi) is 15.3. The maximum atomic E-state index is 6.96. The van der Waals surface area contributed by atoms with E-state index in [1.165, 1.54) is 11.1 Å². The zero-order valence-corrected chi connectivity index (χ0v) is 34.9. The molecule has 298 valence electrons. The summed E-state index contributed by atoms with van der Waals surface area (Å²) in [4.78, 5) is 13.3. The van der Waals surface area contributed by atoms with Gasteiger partial charge in [-0.05, 0) is 94.4 Å². The van der Waals surface area contributed by atoms with Crippen molar-refractivity contribution in [3.05, 3.63) is 228 Å². The van der Waals surface area contributed by atoms with Crippen LogP contribution in [0.1, 0.15) is 56.1 Å². The fourth-order valence-electron chi connectivity index (χ4n) is 7.02. The Morgan fingerprint density at radius 3 is 2.02 bits per heavy atom. The van der Waals surface area contributed by atoms with Gasteiger partial charge >= 0.3 is 0 Å². The van der Waals surface area contributed by atoms with Crippen LogP contribution in [0, 0.1) is 0 Å². The molecule has 60 heavy (non-hydrogen) atoms. The van der Waals surface area contributed by atoms with E-state index < -0.39 is 6.17 Å². The SMILES string of the molecule is C=Nc1c(\C=C/C=C(\C=C(/C=C/C)c2ccc(-c3cccnc3)cc2)C(/C=C(\C)c2ccc(-c3ccccc3)cc2)NC(N)c2ccccc2)ccc2cccnc12.CC. The van der Waals surface area contributed by atoms with E-state index in [2.05, 4.69) is 180 Å². The van der Waals surface area contributed by atoms with Crippen molar-refractivity contribution in [1.82, 2.24) is 15.3 Å². The van der Waals surface area contributed by atoms with Crippen molar-refractivity contribution in [2.24, 2.45) is 10.7 Å². The number of nitrogens with zero attached hydrogens (tertiary/aromatic N) is 3. The van der Waals surface area contributed by atoms with Crippen LogP contribution in [-0.4, -0.2) is 22.7 Å². The van der Waals surface area contributed by atoms with Crippen molar-refractivity contribution >= 4 is 40.5 Å². The van der Waals surface area contributed by atoms with Gasteiger partial charge in [-0.1, -0.05) is 184 Å². The third-order valence-corrected chi connectivity index (χ3v) is 10.1. The largest absolute Gasteiger partial charge is 0.312 e. The zero-order valence-electron chi connectivity index (χ0n) is 34.9. The third-order valence-electron chi connectivity index (χ3n) is 10.1. The molecule has 0 amide bonds. The number of allylic oxidation sites excluding steroid dienone is 6. The summed E-state index contributed by atoms with van der Waals surface area (Å²) < 4.78 is 0. The second-order valence-electron chi connectivity index (χ2n) is 14.0. The van der Waals surface area contributed by atoms with Gasteiger partial charge in [0.25, 0.3) is 0 Å². The number of aromatic nitrogens is 2. The van der Waals surface area contributed by atoms with Gasteiger partial charge in [0.05, 0.1) is 23.4 Å². The minimum Gasteiger partial charge on any atom is -0.312 e. The molecular weight excluding hydrogens is 731 g/mol. The van der Waals surface area contributed by atoms with Gasteiger partial charge in [-0.2, -0.15) is 0 Å². The highest BCUT2D eigenvalue weighted by molar-refractivity contribution is 5.94. The molecule has 5 heteroatoms. The molecule has 2 atom stereocenters. The summed E-state index contributed by atoms with van der Waals surface area (Å²) in [6.07, 6.45) is 20.1. The third kappa shape index (κ3) is 10.9. The molecule has 0 aliphatic carbocycles. The molecule has 0 saturated carbocycles. The lowest BCUT2D eigenvalue weighted by Gasteiger charge is -2.24. The molecular formula is C55H53N5. The number of aliphatic imine (C=N–C) groups is 1. The molecule has 5 nitrogen and oxygen atoms in total. The van der Waals surface area contributed by atoms with Gasteiger partial charge in [-0.15, -0.1) is 0 Å². The number of benzene rings is 5. The molecule has 2 aromatic heterocycles. The van der Waals surface area contributed by atoms with Crippen LogP contribution in [0.25, 0.3) is 50.4 Å². The van der Waals surface area contributed by atoms with Gasteiger partial charge in [0.1, 0.15) is 0 Å². The van der Waals surface area contributed by atoms with Crippen molar-refractivity contribution < 1.29 is 0 Å². The Morgan fingerprint density at radius 2 is 1.35 bits per heavy atom. The van der Waals surface area contributed by atoms with Crippen LogP contribution < -0.4 is 11.1 Å². The highest BCUT2D eigenvalue weighted by Gasteiger charge is 2.17. The van der Waals surface area contributed by atoms with E-state index in [-0.39, 0.29) is 6.04 Å². The van der Waals surface area contributed by atoms with Crippen molar-refractivity contribution in [1.29, 1.82) is 0 Å². The lowest BCUT2D eigenvalue weighted by Crippen LogP contribution is -2.37. The van der Waals surface area contributed by atoms with Crippen LogP contribution in [0.15, 0.2) is 211 Å². The summed E-state index contributed by atoms with van der Waals surface area (Å²) in [6, 6.07) is 49.8. The van der Waals surface area contributed by atoms with Gasteiger partial charge in [0, 0.05) is 29.5 Å². The Balaban J connectivity index is 0.00000297. The maximum Gasteiger partial charge on any atom is 0.0964 e. The first-order valence-corrected chi connectivity index (χ1v) is 20.5. The average Bonchev–Trinajstić information content (AvgIpc) is 3.32. The Hall–Kier alpha value is -7.05. The molecule has 0 spiro atoms. The number of rotatable bonds is 14. The fourth-order valence-corrected chi connectivity index (χ4v) is 7.02. The van der Waals surface area contributed by atoms with Crippen LogP contribution >= 0.6 is 0 Å². The molecule has 2 heterocycles. The van der Waals surface area contributed by atoms with Crippen LogP contribution in [0.2, 0.25) is 0 Å². The summed E-state index contributed by atoms with van der Waals surface area (Å²) in [5, 5.41) is 4.80.